The molecular weight excluding hydrogens is 326 g/mol. The van der Waals surface area contributed by atoms with Gasteiger partial charge in [0.05, 0.1) is 12.8 Å². The van der Waals surface area contributed by atoms with Crippen molar-refractivity contribution in [1.29, 1.82) is 0 Å². The van der Waals surface area contributed by atoms with Gasteiger partial charge < -0.3 is 14.4 Å². The average Bonchev–Trinajstić information content (AvgIpc) is 2.99. The molecule has 122 valence electrons. The van der Waals surface area contributed by atoms with E-state index in [4.69, 9.17) is 16.3 Å². The van der Waals surface area contributed by atoms with Crippen LogP contribution >= 0.6 is 11.6 Å². The molecule has 3 rings (SSSR count). The Morgan fingerprint density at radius 1 is 1.04 bits per heavy atom. The summed E-state index contributed by atoms with van der Waals surface area (Å²) < 4.78 is 6.68. The molecule has 0 amide bonds. The molecule has 0 saturated heterocycles. The number of hydrogen-bond acceptors (Lipinski definition) is 3. The number of phenols is 1. The zero-order chi connectivity index (χ0) is 17.1. The number of ether oxygens (including phenoxy) is 1. The van der Waals surface area contributed by atoms with Crippen molar-refractivity contribution in [3.8, 4) is 28.3 Å². The summed E-state index contributed by atoms with van der Waals surface area (Å²) in [4.78, 5) is 11.9. The van der Waals surface area contributed by atoms with Crippen LogP contribution in [0.15, 0.2) is 60.7 Å². The normalized spacial score (nSPS) is 10.6. The summed E-state index contributed by atoms with van der Waals surface area (Å²) >= 11 is 6.31. The molecule has 0 unspecified atom stereocenters. The van der Waals surface area contributed by atoms with Crippen molar-refractivity contribution in [1.82, 2.24) is 4.57 Å². The number of esters is 1. The Balaban J connectivity index is 2.15. The highest BCUT2D eigenvalue weighted by atomic mass is 35.5. The van der Waals surface area contributed by atoms with Gasteiger partial charge in [0.25, 0.3) is 0 Å². The van der Waals surface area contributed by atoms with Gasteiger partial charge in [0.15, 0.2) is 0 Å². The number of halogens is 1. The van der Waals surface area contributed by atoms with Crippen molar-refractivity contribution in [3.63, 3.8) is 0 Å². The molecule has 0 spiro atoms. The quantitative estimate of drug-likeness (QED) is 0.717. The van der Waals surface area contributed by atoms with E-state index < -0.39 is 0 Å². The van der Waals surface area contributed by atoms with Gasteiger partial charge in [-0.1, -0.05) is 29.8 Å². The second-order valence-corrected chi connectivity index (χ2v) is 5.70. The first-order chi connectivity index (χ1) is 11.6. The fourth-order valence-corrected chi connectivity index (χ4v) is 2.85. The first-order valence-corrected chi connectivity index (χ1v) is 7.78. The summed E-state index contributed by atoms with van der Waals surface area (Å²) in [6, 6.07) is 18.2. The maximum Gasteiger partial charge on any atom is 0.325 e. The summed E-state index contributed by atoms with van der Waals surface area (Å²) in [5, 5.41) is 10.1. The van der Waals surface area contributed by atoms with Gasteiger partial charge in [0, 0.05) is 16.3 Å². The van der Waals surface area contributed by atoms with Gasteiger partial charge in [-0.05, 0) is 48.0 Å². The van der Waals surface area contributed by atoms with E-state index in [0.717, 1.165) is 22.5 Å². The Morgan fingerprint density at radius 3 is 2.38 bits per heavy atom. The standard InChI is InChI=1S/C19H16ClNO3/c1-24-19(23)12-21-17(13-6-8-14(22)9-7-13)10-11-18(21)15-4-2-3-5-16(15)20/h2-11,22H,12H2,1H3. The fourth-order valence-electron chi connectivity index (χ4n) is 2.62. The SMILES string of the molecule is COC(=O)Cn1c(-c2ccc(O)cc2)ccc1-c1ccccc1Cl. The summed E-state index contributed by atoms with van der Waals surface area (Å²) in [5.41, 5.74) is 3.40. The Hall–Kier alpha value is -2.72. The third-order valence-corrected chi connectivity index (χ3v) is 4.14. The maximum atomic E-state index is 11.9. The zero-order valence-corrected chi connectivity index (χ0v) is 13.8. The van der Waals surface area contributed by atoms with Crippen molar-refractivity contribution in [2.75, 3.05) is 7.11 Å². The second-order valence-electron chi connectivity index (χ2n) is 5.29. The summed E-state index contributed by atoms with van der Waals surface area (Å²) in [6.45, 7) is 0.0697. The Kier molecular flexibility index (Phi) is 4.58. The molecule has 0 fully saturated rings. The summed E-state index contributed by atoms with van der Waals surface area (Å²) in [6.07, 6.45) is 0. The summed E-state index contributed by atoms with van der Waals surface area (Å²) in [5.74, 6) is -0.157. The third-order valence-electron chi connectivity index (χ3n) is 3.81. The van der Waals surface area contributed by atoms with Crippen molar-refractivity contribution in [2.45, 2.75) is 6.54 Å². The highest BCUT2D eigenvalue weighted by Crippen LogP contribution is 2.33. The van der Waals surface area contributed by atoms with Gasteiger partial charge in [0.1, 0.15) is 12.3 Å². The lowest BCUT2D eigenvalue weighted by atomic mass is 10.1. The molecule has 0 saturated carbocycles. The van der Waals surface area contributed by atoms with Crippen LogP contribution in [-0.2, 0) is 16.1 Å². The van der Waals surface area contributed by atoms with Gasteiger partial charge in [-0.3, -0.25) is 4.79 Å². The van der Waals surface area contributed by atoms with Crippen molar-refractivity contribution < 1.29 is 14.6 Å². The predicted molar refractivity (Wildman–Crippen MR) is 94.0 cm³/mol. The first kappa shape index (κ1) is 16.1. The minimum atomic E-state index is -0.348. The Bertz CT molecular complexity index is 869. The van der Waals surface area contributed by atoms with E-state index in [2.05, 4.69) is 0 Å². The molecule has 0 aliphatic rings. The molecule has 0 aliphatic heterocycles. The molecule has 0 radical (unpaired) electrons. The molecular formula is C19H16ClNO3. The largest absolute Gasteiger partial charge is 0.508 e. The summed E-state index contributed by atoms with van der Waals surface area (Å²) in [7, 11) is 1.36. The number of carbonyl (C=O) groups excluding carboxylic acids is 1. The molecule has 1 heterocycles. The van der Waals surface area contributed by atoms with E-state index in [1.54, 1.807) is 24.3 Å². The minimum Gasteiger partial charge on any atom is -0.508 e. The van der Waals surface area contributed by atoms with Crippen molar-refractivity contribution >= 4 is 17.6 Å². The van der Waals surface area contributed by atoms with Gasteiger partial charge in [-0.2, -0.15) is 0 Å². The molecule has 4 nitrogen and oxygen atoms in total. The molecule has 0 atom stereocenters. The molecule has 0 bridgehead atoms. The molecule has 3 aromatic rings. The maximum absolute atomic E-state index is 11.9. The van der Waals surface area contributed by atoms with Crippen LogP contribution in [0.1, 0.15) is 0 Å². The van der Waals surface area contributed by atoms with Crippen LogP contribution in [0.5, 0.6) is 5.75 Å². The van der Waals surface area contributed by atoms with Crippen molar-refractivity contribution in [2.24, 2.45) is 0 Å². The van der Waals surface area contributed by atoms with E-state index >= 15 is 0 Å². The highest BCUT2D eigenvalue weighted by molar-refractivity contribution is 6.33. The monoisotopic (exact) mass is 341 g/mol. The lowest BCUT2D eigenvalue weighted by Crippen LogP contribution is -2.13. The minimum absolute atomic E-state index is 0.0697. The van der Waals surface area contributed by atoms with Crippen LogP contribution in [0.4, 0.5) is 0 Å². The molecule has 0 aliphatic carbocycles. The number of nitrogens with zero attached hydrogens (tertiary/aromatic N) is 1. The smallest absolute Gasteiger partial charge is 0.325 e. The Labute approximate surface area is 144 Å². The third kappa shape index (κ3) is 3.14. The van der Waals surface area contributed by atoms with Crippen LogP contribution in [0.2, 0.25) is 5.02 Å². The topological polar surface area (TPSA) is 51.5 Å². The molecule has 5 heteroatoms. The van der Waals surface area contributed by atoms with Crippen LogP contribution in [0.3, 0.4) is 0 Å². The van der Waals surface area contributed by atoms with Crippen LogP contribution in [0, 0.1) is 0 Å². The van der Waals surface area contributed by atoms with E-state index in [-0.39, 0.29) is 18.3 Å². The van der Waals surface area contributed by atoms with E-state index in [0.29, 0.717) is 5.02 Å². The second kappa shape index (κ2) is 6.81. The number of rotatable bonds is 4. The number of methoxy groups -OCH3 is 1. The van der Waals surface area contributed by atoms with E-state index in [9.17, 15) is 9.90 Å². The lowest BCUT2D eigenvalue weighted by Gasteiger charge is -2.14. The van der Waals surface area contributed by atoms with Gasteiger partial charge in [-0.25, -0.2) is 0 Å². The average molecular weight is 342 g/mol. The molecule has 2 aromatic carbocycles. The zero-order valence-electron chi connectivity index (χ0n) is 13.1. The highest BCUT2D eigenvalue weighted by Gasteiger charge is 2.16. The number of carbonyl (C=O) groups is 1. The van der Waals surface area contributed by atoms with Gasteiger partial charge >= 0.3 is 5.97 Å². The molecule has 24 heavy (non-hydrogen) atoms. The number of phenolic OH excluding ortho intramolecular Hbond substituents is 1. The van der Waals surface area contributed by atoms with Gasteiger partial charge in [0.2, 0.25) is 0 Å². The van der Waals surface area contributed by atoms with E-state index in [1.807, 2.05) is 41.0 Å². The first-order valence-electron chi connectivity index (χ1n) is 7.41. The van der Waals surface area contributed by atoms with Crippen LogP contribution < -0.4 is 0 Å². The van der Waals surface area contributed by atoms with Crippen molar-refractivity contribution in [3.05, 3.63) is 65.7 Å². The molecule has 1 aromatic heterocycles. The number of hydrogen-bond donors (Lipinski definition) is 1. The fraction of sp³-hybridized carbons (Fsp3) is 0.105. The number of aromatic hydroxyl groups is 1. The van der Waals surface area contributed by atoms with Crippen LogP contribution in [0.25, 0.3) is 22.5 Å². The molecule has 1 N–H and O–H groups in total. The van der Waals surface area contributed by atoms with Gasteiger partial charge in [-0.15, -0.1) is 0 Å². The number of aromatic nitrogens is 1. The Morgan fingerprint density at radius 2 is 1.71 bits per heavy atom. The predicted octanol–water partition coefficient (Wildman–Crippen LogP) is 4.35. The lowest BCUT2D eigenvalue weighted by molar-refractivity contribution is -0.141. The number of benzene rings is 2. The van der Waals surface area contributed by atoms with E-state index in [1.165, 1.54) is 7.11 Å². The van der Waals surface area contributed by atoms with Crippen LogP contribution in [-0.4, -0.2) is 22.8 Å².